The summed E-state index contributed by atoms with van der Waals surface area (Å²) in [6, 6.07) is 2.76. The Balaban J connectivity index is 2.13. The summed E-state index contributed by atoms with van der Waals surface area (Å²) in [5.41, 5.74) is 6.49. The third-order valence-electron chi connectivity index (χ3n) is 2.60. The van der Waals surface area contributed by atoms with Crippen molar-refractivity contribution in [3.8, 4) is 0 Å². The standard InChI is InChI=1S/C12H13F2N3S/c1-6-3-8(18-7(6)2)5-16-12-10(14)4-9(13)11(15)17-12/h3-4H,5H2,1-2H3,(H3,15,16,17). The van der Waals surface area contributed by atoms with Crippen molar-refractivity contribution in [3.63, 3.8) is 0 Å². The molecule has 0 atom stereocenters. The maximum atomic E-state index is 13.4. The van der Waals surface area contributed by atoms with Crippen molar-refractivity contribution in [1.29, 1.82) is 0 Å². The van der Waals surface area contributed by atoms with Crippen LogP contribution in [0.25, 0.3) is 0 Å². The van der Waals surface area contributed by atoms with Crippen LogP contribution < -0.4 is 11.1 Å². The number of nitrogens with two attached hydrogens (primary N) is 1. The topological polar surface area (TPSA) is 50.9 Å². The lowest BCUT2D eigenvalue weighted by Gasteiger charge is -2.06. The average molecular weight is 269 g/mol. The van der Waals surface area contributed by atoms with Gasteiger partial charge in [0.2, 0.25) is 0 Å². The Morgan fingerprint density at radius 1 is 1.28 bits per heavy atom. The second kappa shape index (κ2) is 4.89. The largest absolute Gasteiger partial charge is 0.381 e. The summed E-state index contributed by atoms with van der Waals surface area (Å²) in [5, 5.41) is 2.82. The van der Waals surface area contributed by atoms with Gasteiger partial charge in [0.05, 0.1) is 6.54 Å². The third-order valence-corrected chi connectivity index (χ3v) is 3.76. The van der Waals surface area contributed by atoms with Crippen molar-refractivity contribution in [3.05, 3.63) is 39.1 Å². The third kappa shape index (κ3) is 2.59. The normalized spacial score (nSPS) is 10.7. The van der Waals surface area contributed by atoms with Crippen molar-refractivity contribution in [2.24, 2.45) is 0 Å². The van der Waals surface area contributed by atoms with Gasteiger partial charge >= 0.3 is 0 Å². The minimum atomic E-state index is -0.846. The molecule has 18 heavy (non-hydrogen) atoms. The zero-order valence-electron chi connectivity index (χ0n) is 10.1. The summed E-state index contributed by atoms with van der Waals surface area (Å²) >= 11 is 1.63. The van der Waals surface area contributed by atoms with Crippen molar-refractivity contribution in [2.75, 3.05) is 11.1 Å². The smallest absolute Gasteiger partial charge is 0.168 e. The molecule has 0 aliphatic heterocycles. The van der Waals surface area contributed by atoms with E-state index in [1.165, 1.54) is 10.4 Å². The van der Waals surface area contributed by atoms with Crippen LogP contribution in [-0.4, -0.2) is 4.98 Å². The van der Waals surface area contributed by atoms with Crippen LogP contribution in [0.5, 0.6) is 0 Å². The van der Waals surface area contributed by atoms with Crippen molar-refractivity contribution >= 4 is 23.0 Å². The summed E-state index contributed by atoms with van der Waals surface area (Å²) in [6.07, 6.45) is 0. The molecular weight excluding hydrogens is 256 g/mol. The molecule has 3 nitrogen and oxygen atoms in total. The van der Waals surface area contributed by atoms with Gasteiger partial charge in [0, 0.05) is 15.8 Å². The molecule has 0 spiro atoms. The highest BCUT2D eigenvalue weighted by Gasteiger charge is 2.10. The van der Waals surface area contributed by atoms with E-state index in [2.05, 4.69) is 10.3 Å². The highest BCUT2D eigenvalue weighted by atomic mass is 32.1. The maximum absolute atomic E-state index is 13.4. The van der Waals surface area contributed by atoms with Gasteiger partial charge in [0.1, 0.15) is 0 Å². The Labute approximate surface area is 108 Å². The fourth-order valence-electron chi connectivity index (χ4n) is 1.51. The Kier molecular flexibility index (Phi) is 3.47. The molecule has 0 aromatic carbocycles. The fraction of sp³-hybridized carbons (Fsp3) is 0.250. The van der Waals surface area contributed by atoms with Gasteiger partial charge in [-0.05, 0) is 25.5 Å². The molecule has 2 aromatic heterocycles. The van der Waals surface area contributed by atoms with Crippen molar-refractivity contribution < 1.29 is 8.78 Å². The number of nitrogens with one attached hydrogen (secondary N) is 1. The number of nitrogen functional groups attached to an aromatic ring is 1. The Bertz CT molecular complexity index is 561. The van der Waals surface area contributed by atoms with Crippen molar-refractivity contribution in [2.45, 2.75) is 20.4 Å². The summed E-state index contributed by atoms with van der Waals surface area (Å²) in [7, 11) is 0. The molecular formula is C12H13F2N3S. The summed E-state index contributed by atoms with van der Waals surface area (Å²) in [6.45, 7) is 4.48. The first-order valence-corrected chi connectivity index (χ1v) is 6.20. The number of rotatable bonds is 3. The molecule has 0 amide bonds. The zero-order valence-corrected chi connectivity index (χ0v) is 10.9. The number of nitrogens with zero attached hydrogens (tertiary/aromatic N) is 1. The quantitative estimate of drug-likeness (QED) is 0.899. The molecule has 0 aliphatic carbocycles. The molecule has 0 unspecified atom stereocenters. The number of halogens is 2. The fourth-order valence-corrected chi connectivity index (χ4v) is 2.51. The van der Waals surface area contributed by atoms with Crippen molar-refractivity contribution in [1.82, 2.24) is 4.98 Å². The van der Waals surface area contributed by atoms with Gasteiger partial charge in [-0.15, -0.1) is 11.3 Å². The molecule has 6 heteroatoms. The highest BCUT2D eigenvalue weighted by molar-refractivity contribution is 7.12. The van der Waals surface area contributed by atoms with Crippen LogP contribution in [0.1, 0.15) is 15.3 Å². The van der Waals surface area contributed by atoms with E-state index in [1.54, 1.807) is 11.3 Å². The zero-order chi connectivity index (χ0) is 13.3. The predicted molar refractivity (Wildman–Crippen MR) is 69.7 cm³/mol. The van der Waals surface area contributed by atoms with Gasteiger partial charge in [0.15, 0.2) is 23.3 Å². The summed E-state index contributed by atoms with van der Waals surface area (Å²) < 4.78 is 26.3. The first kappa shape index (κ1) is 12.8. The van der Waals surface area contributed by atoms with Gasteiger partial charge in [-0.2, -0.15) is 0 Å². The number of aromatic nitrogens is 1. The highest BCUT2D eigenvalue weighted by Crippen LogP contribution is 2.22. The van der Waals surface area contributed by atoms with E-state index >= 15 is 0 Å². The molecule has 96 valence electrons. The van der Waals surface area contributed by atoms with Crippen LogP contribution in [-0.2, 0) is 6.54 Å². The van der Waals surface area contributed by atoms with Gasteiger partial charge < -0.3 is 11.1 Å². The van der Waals surface area contributed by atoms with E-state index in [4.69, 9.17) is 5.73 Å². The van der Waals surface area contributed by atoms with E-state index in [-0.39, 0.29) is 11.6 Å². The predicted octanol–water partition coefficient (Wildman–Crippen LogP) is 3.23. The van der Waals surface area contributed by atoms with Gasteiger partial charge in [0.25, 0.3) is 0 Å². The second-order valence-corrected chi connectivity index (χ2v) is 5.33. The summed E-state index contributed by atoms with van der Waals surface area (Å²) in [4.78, 5) is 5.92. The van der Waals surface area contributed by atoms with Gasteiger partial charge in [-0.25, -0.2) is 13.8 Å². The molecule has 0 aliphatic rings. The minimum absolute atomic E-state index is 0.0300. The van der Waals surface area contributed by atoms with Crippen LogP contribution >= 0.6 is 11.3 Å². The van der Waals surface area contributed by atoms with Crippen LogP contribution in [0.2, 0.25) is 0 Å². The maximum Gasteiger partial charge on any atom is 0.168 e. The minimum Gasteiger partial charge on any atom is -0.381 e. The number of thiophene rings is 1. The second-order valence-electron chi connectivity index (χ2n) is 3.99. The van der Waals surface area contributed by atoms with E-state index in [0.717, 1.165) is 10.9 Å². The lowest BCUT2D eigenvalue weighted by Crippen LogP contribution is -2.06. The van der Waals surface area contributed by atoms with E-state index in [0.29, 0.717) is 6.54 Å². The molecule has 0 saturated heterocycles. The molecule has 0 radical (unpaired) electrons. The first-order chi connectivity index (χ1) is 8.47. The molecule has 3 N–H and O–H groups in total. The van der Waals surface area contributed by atoms with Crippen LogP contribution in [0.3, 0.4) is 0 Å². The summed E-state index contributed by atoms with van der Waals surface area (Å²) in [5.74, 6) is -1.93. The van der Waals surface area contributed by atoms with E-state index < -0.39 is 11.6 Å². The van der Waals surface area contributed by atoms with Gasteiger partial charge in [-0.1, -0.05) is 0 Å². The lowest BCUT2D eigenvalue weighted by molar-refractivity contribution is 0.579. The average Bonchev–Trinajstić information content (AvgIpc) is 2.62. The Morgan fingerprint density at radius 3 is 2.61 bits per heavy atom. The number of hydrogen-bond donors (Lipinski definition) is 2. The number of hydrogen-bond acceptors (Lipinski definition) is 4. The monoisotopic (exact) mass is 269 g/mol. The molecule has 2 rings (SSSR count). The molecule has 0 saturated carbocycles. The number of pyridine rings is 1. The SMILES string of the molecule is Cc1cc(CNc2nc(N)c(F)cc2F)sc1C. The van der Waals surface area contributed by atoms with Crippen LogP contribution in [0.4, 0.5) is 20.4 Å². The Morgan fingerprint density at radius 2 is 2.00 bits per heavy atom. The van der Waals surface area contributed by atoms with Crippen LogP contribution in [0.15, 0.2) is 12.1 Å². The lowest BCUT2D eigenvalue weighted by atomic mass is 10.3. The first-order valence-electron chi connectivity index (χ1n) is 5.38. The van der Waals surface area contributed by atoms with E-state index in [9.17, 15) is 8.78 Å². The van der Waals surface area contributed by atoms with Gasteiger partial charge in [-0.3, -0.25) is 0 Å². The van der Waals surface area contributed by atoms with E-state index in [1.807, 2.05) is 19.9 Å². The molecule has 0 bridgehead atoms. The molecule has 2 aromatic rings. The number of aryl methyl sites for hydroxylation is 2. The molecule has 2 heterocycles. The van der Waals surface area contributed by atoms with Crippen LogP contribution in [0, 0.1) is 25.5 Å². The molecule has 0 fully saturated rings. The number of anilines is 2. The Hall–Kier alpha value is -1.69.